The minimum absolute atomic E-state index is 0.336. The van der Waals surface area contributed by atoms with Gasteiger partial charge in [-0.2, -0.15) is 0 Å². The van der Waals surface area contributed by atoms with Gasteiger partial charge in [0.2, 0.25) is 0 Å². The Morgan fingerprint density at radius 1 is 1.35 bits per heavy atom. The average molecular weight is 266 g/mol. The lowest BCUT2D eigenvalue weighted by Gasteiger charge is -2.12. The summed E-state index contributed by atoms with van der Waals surface area (Å²) in [7, 11) is 2.01. The largest absolute Gasteiger partial charge is 0.311 e. The Bertz CT molecular complexity index is 473. The van der Waals surface area contributed by atoms with Crippen LogP contribution < -0.4 is 5.32 Å². The van der Waals surface area contributed by atoms with Crippen molar-refractivity contribution in [3.8, 4) is 0 Å². The Kier molecular flexibility index (Phi) is 4.31. The molecule has 2 nitrogen and oxygen atoms in total. The summed E-state index contributed by atoms with van der Waals surface area (Å²) in [4.78, 5) is 7.46. The van der Waals surface area contributed by atoms with Crippen LogP contribution in [0.25, 0.3) is 0 Å². The molecule has 2 heterocycles. The molecule has 0 radical (unpaired) electrons. The van der Waals surface area contributed by atoms with Crippen molar-refractivity contribution < 1.29 is 0 Å². The molecule has 0 saturated carbocycles. The summed E-state index contributed by atoms with van der Waals surface area (Å²) < 4.78 is 0. The predicted octanol–water partition coefficient (Wildman–Crippen LogP) is 3.58. The van der Waals surface area contributed by atoms with E-state index in [0.717, 1.165) is 17.8 Å². The third-order valence-corrected chi connectivity index (χ3v) is 4.86. The minimum Gasteiger partial charge on any atom is -0.311 e. The Morgan fingerprint density at radius 2 is 2.12 bits per heavy atom. The minimum atomic E-state index is 0.336. The molecule has 2 aromatic rings. The SMILES string of the molecule is CCc1ccc(CC(NC)c2csc(C)n2)s1. The van der Waals surface area contributed by atoms with Crippen LogP contribution in [-0.4, -0.2) is 12.0 Å². The van der Waals surface area contributed by atoms with Crippen LogP contribution in [-0.2, 0) is 12.8 Å². The maximum Gasteiger partial charge on any atom is 0.0898 e. The summed E-state index contributed by atoms with van der Waals surface area (Å²) in [5, 5.41) is 6.66. The summed E-state index contributed by atoms with van der Waals surface area (Å²) in [6.07, 6.45) is 2.16. The fraction of sp³-hybridized carbons (Fsp3) is 0.462. The van der Waals surface area contributed by atoms with Crippen LogP contribution in [0.1, 0.15) is 33.4 Å². The molecule has 1 unspecified atom stereocenters. The first kappa shape index (κ1) is 12.7. The fourth-order valence-electron chi connectivity index (χ4n) is 1.82. The van der Waals surface area contributed by atoms with Gasteiger partial charge in [-0.3, -0.25) is 0 Å². The fourth-order valence-corrected chi connectivity index (χ4v) is 3.49. The second-order valence-corrected chi connectivity index (χ2v) is 6.37. The van der Waals surface area contributed by atoms with Crippen molar-refractivity contribution in [3.05, 3.63) is 38.0 Å². The van der Waals surface area contributed by atoms with Gasteiger partial charge in [0.05, 0.1) is 16.7 Å². The van der Waals surface area contributed by atoms with Gasteiger partial charge in [0, 0.05) is 21.6 Å². The van der Waals surface area contributed by atoms with Crippen LogP contribution >= 0.6 is 22.7 Å². The van der Waals surface area contributed by atoms with Gasteiger partial charge in [-0.1, -0.05) is 6.92 Å². The van der Waals surface area contributed by atoms with Gasteiger partial charge in [0.1, 0.15) is 0 Å². The summed E-state index contributed by atoms with van der Waals surface area (Å²) in [6, 6.07) is 4.81. The van der Waals surface area contributed by atoms with Crippen LogP contribution in [0.3, 0.4) is 0 Å². The summed E-state index contributed by atoms with van der Waals surface area (Å²) >= 11 is 3.63. The number of thiophene rings is 1. The zero-order chi connectivity index (χ0) is 12.3. The van der Waals surface area contributed by atoms with Crippen LogP contribution in [0.5, 0.6) is 0 Å². The van der Waals surface area contributed by atoms with E-state index in [1.807, 2.05) is 18.4 Å². The van der Waals surface area contributed by atoms with E-state index in [9.17, 15) is 0 Å². The zero-order valence-electron chi connectivity index (χ0n) is 10.5. The van der Waals surface area contributed by atoms with Crippen molar-refractivity contribution in [1.82, 2.24) is 10.3 Å². The van der Waals surface area contributed by atoms with Crippen LogP contribution in [0.15, 0.2) is 17.5 Å². The first-order chi connectivity index (χ1) is 8.22. The molecule has 17 heavy (non-hydrogen) atoms. The number of likely N-dealkylation sites (N-methyl/N-ethyl adjacent to an activating group) is 1. The van der Waals surface area contributed by atoms with E-state index in [-0.39, 0.29) is 0 Å². The number of nitrogens with zero attached hydrogens (tertiary/aromatic N) is 1. The highest BCUT2D eigenvalue weighted by molar-refractivity contribution is 7.12. The molecule has 0 aliphatic heterocycles. The molecule has 0 aromatic carbocycles. The van der Waals surface area contributed by atoms with Crippen molar-refractivity contribution in [3.63, 3.8) is 0 Å². The van der Waals surface area contributed by atoms with Gasteiger partial charge < -0.3 is 5.32 Å². The molecule has 0 bridgehead atoms. The topological polar surface area (TPSA) is 24.9 Å². The molecule has 2 rings (SSSR count). The first-order valence-electron chi connectivity index (χ1n) is 5.89. The molecule has 0 amide bonds. The summed E-state index contributed by atoms with van der Waals surface area (Å²) in [5.41, 5.74) is 1.17. The molecule has 0 spiro atoms. The normalized spacial score (nSPS) is 12.9. The highest BCUT2D eigenvalue weighted by Gasteiger charge is 2.14. The van der Waals surface area contributed by atoms with E-state index in [2.05, 4.69) is 41.7 Å². The Morgan fingerprint density at radius 3 is 2.65 bits per heavy atom. The molecular weight excluding hydrogens is 248 g/mol. The standard InChI is InChI=1S/C13H18N2S2/c1-4-10-5-6-11(17-10)7-12(14-3)13-8-16-9(2)15-13/h5-6,8,12,14H,4,7H2,1-3H3. The van der Waals surface area contributed by atoms with Gasteiger partial charge in [-0.25, -0.2) is 4.98 Å². The molecule has 1 N–H and O–H groups in total. The third kappa shape index (κ3) is 3.15. The van der Waals surface area contributed by atoms with Crippen molar-refractivity contribution >= 4 is 22.7 Å². The lowest BCUT2D eigenvalue weighted by molar-refractivity contribution is 0.582. The van der Waals surface area contributed by atoms with Gasteiger partial charge in [-0.05, 0) is 32.5 Å². The summed E-state index contributed by atoms with van der Waals surface area (Å²) in [5.74, 6) is 0. The Labute approximate surface area is 111 Å². The number of nitrogens with one attached hydrogen (secondary N) is 1. The summed E-state index contributed by atoms with van der Waals surface area (Å²) in [6.45, 7) is 4.26. The molecule has 0 fully saturated rings. The van der Waals surface area contributed by atoms with E-state index >= 15 is 0 Å². The lowest BCUT2D eigenvalue weighted by Crippen LogP contribution is -2.18. The first-order valence-corrected chi connectivity index (χ1v) is 7.59. The number of hydrogen-bond donors (Lipinski definition) is 1. The highest BCUT2D eigenvalue weighted by atomic mass is 32.1. The number of thiazole rings is 1. The third-order valence-electron chi connectivity index (χ3n) is 2.81. The van der Waals surface area contributed by atoms with Gasteiger partial charge >= 0.3 is 0 Å². The van der Waals surface area contributed by atoms with E-state index in [0.29, 0.717) is 6.04 Å². The molecule has 4 heteroatoms. The predicted molar refractivity (Wildman–Crippen MR) is 76.1 cm³/mol. The molecular formula is C13H18N2S2. The second kappa shape index (κ2) is 5.76. The second-order valence-electron chi connectivity index (χ2n) is 4.06. The average Bonchev–Trinajstić information content (AvgIpc) is 2.94. The number of aromatic nitrogens is 1. The highest BCUT2D eigenvalue weighted by Crippen LogP contribution is 2.24. The molecule has 2 aromatic heterocycles. The number of aryl methyl sites for hydroxylation is 2. The zero-order valence-corrected chi connectivity index (χ0v) is 12.1. The van der Waals surface area contributed by atoms with Gasteiger partial charge in [0.25, 0.3) is 0 Å². The Hall–Kier alpha value is -0.710. The number of hydrogen-bond acceptors (Lipinski definition) is 4. The lowest BCUT2D eigenvalue weighted by atomic mass is 10.1. The maximum atomic E-state index is 4.57. The molecule has 0 aliphatic carbocycles. The van der Waals surface area contributed by atoms with E-state index < -0.39 is 0 Å². The van der Waals surface area contributed by atoms with Crippen LogP contribution in [0.4, 0.5) is 0 Å². The van der Waals surface area contributed by atoms with Crippen molar-refractivity contribution in [2.45, 2.75) is 32.7 Å². The maximum absolute atomic E-state index is 4.57. The van der Waals surface area contributed by atoms with Crippen molar-refractivity contribution in [2.24, 2.45) is 0 Å². The molecule has 0 aliphatic rings. The monoisotopic (exact) mass is 266 g/mol. The Balaban J connectivity index is 2.09. The van der Waals surface area contributed by atoms with Crippen molar-refractivity contribution in [2.75, 3.05) is 7.05 Å². The quantitative estimate of drug-likeness (QED) is 0.895. The molecule has 0 saturated heterocycles. The smallest absolute Gasteiger partial charge is 0.0898 e. The van der Waals surface area contributed by atoms with Crippen LogP contribution in [0.2, 0.25) is 0 Å². The molecule has 1 atom stereocenters. The van der Waals surface area contributed by atoms with E-state index in [4.69, 9.17) is 0 Å². The molecule has 92 valence electrons. The van der Waals surface area contributed by atoms with Crippen molar-refractivity contribution in [1.29, 1.82) is 0 Å². The van der Waals surface area contributed by atoms with Gasteiger partial charge in [0.15, 0.2) is 0 Å². The van der Waals surface area contributed by atoms with Gasteiger partial charge in [-0.15, -0.1) is 22.7 Å². The van der Waals surface area contributed by atoms with E-state index in [1.165, 1.54) is 15.4 Å². The van der Waals surface area contributed by atoms with Crippen LogP contribution in [0, 0.1) is 6.92 Å². The van der Waals surface area contributed by atoms with E-state index in [1.54, 1.807) is 11.3 Å². The number of rotatable bonds is 5.